The number of aromatic nitrogens is 1. The zero-order chi connectivity index (χ0) is 16.4. The van der Waals surface area contributed by atoms with Crippen LogP contribution in [0.3, 0.4) is 0 Å². The molecule has 0 aliphatic carbocycles. The molecule has 8 nitrogen and oxygen atoms in total. The van der Waals surface area contributed by atoms with Crippen molar-refractivity contribution in [2.45, 2.75) is 19.8 Å². The fraction of sp³-hybridized carbons (Fsp3) is 0.231. The number of anilines is 1. The molecule has 1 heterocycles. The molecule has 2 N–H and O–H groups in total. The van der Waals surface area contributed by atoms with Crippen LogP contribution >= 0.6 is 15.9 Å². The van der Waals surface area contributed by atoms with Gasteiger partial charge in [0.05, 0.1) is 10.6 Å². The highest BCUT2D eigenvalue weighted by Gasteiger charge is 2.33. The van der Waals surface area contributed by atoms with Crippen molar-refractivity contribution < 1.29 is 19.3 Å². The number of halogens is 1. The maximum Gasteiger partial charge on any atom is 0.344 e. The third-order valence-corrected chi connectivity index (χ3v) is 3.32. The van der Waals surface area contributed by atoms with Crippen molar-refractivity contribution in [2.24, 2.45) is 0 Å². The van der Waals surface area contributed by atoms with Gasteiger partial charge in [-0.25, -0.2) is 0 Å². The first kappa shape index (κ1) is 16.0. The summed E-state index contributed by atoms with van der Waals surface area (Å²) < 4.78 is 5.53. The van der Waals surface area contributed by atoms with Gasteiger partial charge in [-0.1, -0.05) is 34.9 Å². The lowest BCUT2D eigenvalue weighted by molar-refractivity contribution is -0.386. The van der Waals surface area contributed by atoms with E-state index in [2.05, 4.69) is 26.4 Å². The van der Waals surface area contributed by atoms with Crippen molar-refractivity contribution in [1.29, 1.82) is 0 Å². The summed E-state index contributed by atoms with van der Waals surface area (Å²) in [6, 6.07) is 4.42. The van der Waals surface area contributed by atoms with Gasteiger partial charge in [-0.05, 0) is 18.2 Å². The van der Waals surface area contributed by atoms with Gasteiger partial charge in [0.25, 0.3) is 5.91 Å². The normalized spacial score (nSPS) is 10.7. The highest BCUT2D eigenvalue weighted by molar-refractivity contribution is 9.10. The first-order valence-corrected chi connectivity index (χ1v) is 7.04. The minimum Gasteiger partial charge on any atom is -0.506 e. The number of rotatable bonds is 4. The second-order valence-electron chi connectivity index (χ2n) is 4.77. The summed E-state index contributed by atoms with van der Waals surface area (Å²) in [7, 11) is 0. The minimum atomic E-state index is -0.837. The van der Waals surface area contributed by atoms with Gasteiger partial charge in [0, 0.05) is 10.4 Å². The molecule has 116 valence electrons. The Hall–Kier alpha value is -2.42. The second kappa shape index (κ2) is 6.14. The fourth-order valence-electron chi connectivity index (χ4n) is 1.79. The van der Waals surface area contributed by atoms with E-state index in [9.17, 15) is 20.0 Å². The van der Waals surface area contributed by atoms with Gasteiger partial charge in [-0.3, -0.25) is 14.9 Å². The molecule has 0 atom stereocenters. The Labute approximate surface area is 133 Å². The van der Waals surface area contributed by atoms with Crippen molar-refractivity contribution in [3.8, 4) is 5.75 Å². The molecule has 0 aliphatic rings. The van der Waals surface area contributed by atoms with Gasteiger partial charge >= 0.3 is 5.69 Å². The van der Waals surface area contributed by atoms with E-state index in [1.165, 1.54) is 12.1 Å². The summed E-state index contributed by atoms with van der Waals surface area (Å²) >= 11 is 3.20. The summed E-state index contributed by atoms with van der Waals surface area (Å²) in [4.78, 5) is 22.6. The molecule has 1 aromatic carbocycles. The number of hydrogen-bond donors (Lipinski definition) is 2. The monoisotopic (exact) mass is 369 g/mol. The van der Waals surface area contributed by atoms with Crippen LogP contribution in [-0.2, 0) is 0 Å². The molecular formula is C13H12BrN3O5. The van der Waals surface area contributed by atoms with E-state index in [-0.39, 0.29) is 23.1 Å². The van der Waals surface area contributed by atoms with Gasteiger partial charge in [-0.2, -0.15) is 0 Å². The Kier molecular flexibility index (Phi) is 4.45. The lowest BCUT2D eigenvalue weighted by Crippen LogP contribution is -2.14. The average molecular weight is 370 g/mol. The van der Waals surface area contributed by atoms with E-state index in [4.69, 9.17) is 4.52 Å². The van der Waals surface area contributed by atoms with Crippen LogP contribution in [0.4, 0.5) is 11.4 Å². The summed E-state index contributed by atoms with van der Waals surface area (Å²) in [5.41, 5.74) is -0.808. The van der Waals surface area contributed by atoms with Crippen LogP contribution in [0.2, 0.25) is 0 Å². The molecule has 0 bridgehead atoms. The Balaban J connectivity index is 2.38. The van der Waals surface area contributed by atoms with E-state index in [0.29, 0.717) is 4.47 Å². The Morgan fingerprint density at radius 3 is 2.77 bits per heavy atom. The van der Waals surface area contributed by atoms with Gasteiger partial charge in [0.15, 0.2) is 0 Å². The van der Waals surface area contributed by atoms with Gasteiger partial charge in [0.2, 0.25) is 11.5 Å². The molecule has 0 aliphatic heterocycles. The van der Waals surface area contributed by atoms with Crippen LogP contribution in [0.25, 0.3) is 0 Å². The van der Waals surface area contributed by atoms with Gasteiger partial charge in [-0.15, -0.1) is 0 Å². The smallest absolute Gasteiger partial charge is 0.344 e. The summed E-state index contributed by atoms with van der Waals surface area (Å²) in [6.07, 6.45) is 0. The summed E-state index contributed by atoms with van der Waals surface area (Å²) in [5, 5.41) is 26.7. The molecule has 2 rings (SSSR count). The number of phenolic OH excluding ortho intramolecular Hbond substituents is 1. The highest BCUT2D eigenvalue weighted by atomic mass is 79.9. The molecule has 9 heteroatoms. The molecule has 2 aromatic rings. The van der Waals surface area contributed by atoms with Crippen LogP contribution in [0.15, 0.2) is 27.2 Å². The molecular weight excluding hydrogens is 358 g/mol. The SMILES string of the molecule is CC(C)c1onc(C(=O)Nc2cc(Br)ccc2O)c1[N+](=O)[O-]. The molecule has 1 amide bonds. The van der Waals surface area contributed by atoms with Crippen LogP contribution in [-0.4, -0.2) is 21.1 Å². The number of hydrogen-bond acceptors (Lipinski definition) is 6. The standard InChI is InChI=1S/C13H12BrN3O5/c1-6(2)12-11(17(20)21)10(16-22-12)13(19)15-8-5-7(14)3-4-9(8)18/h3-6,18H,1-2H3,(H,15,19). The second-order valence-corrected chi connectivity index (χ2v) is 5.69. The number of benzene rings is 1. The van der Waals surface area contributed by atoms with E-state index in [0.717, 1.165) is 0 Å². The number of phenols is 1. The lowest BCUT2D eigenvalue weighted by atomic mass is 10.1. The van der Waals surface area contributed by atoms with E-state index in [1.807, 2.05) is 0 Å². The predicted octanol–water partition coefficient (Wildman–Crippen LogP) is 3.43. The average Bonchev–Trinajstić information content (AvgIpc) is 2.88. The number of nitrogens with zero attached hydrogens (tertiary/aromatic N) is 2. The topological polar surface area (TPSA) is 118 Å². The fourth-order valence-corrected chi connectivity index (χ4v) is 2.15. The zero-order valence-electron chi connectivity index (χ0n) is 11.7. The maximum absolute atomic E-state index is 12.2. The molecule has 0 fully saturated rings. The predicted molar refractivity (Wildman–Crippen MR) is 81.0 cm³/mol. The molecule has 0 saturated heterocycles. The van der Waals surface area contributed by atoms with Crippen LogP contribution < -0.4 is 5.32 Å². The lowest BCUT2D eigenvalue weighted by Gasteiger charge is -2.06. The van der Waals surface area contributed by atoms with Crippen molar-refractivity contribution >= 4 is 33.2 Å². The minimum absolute atomic E-state index is 0.0219. The molecule has 0 spiro atoms. The molecule has 22 heavy (non-hydrogen) atoms. The van der Waals surface area contributed by atoms with E-state index < -0.39 is 22.2 Å². The number of nitro groups is 1. The molecule has 0 saturated carbocycles. The van der Waals surface area contributed by atoms with Crippen molar-refractivity contribution in [2.75, 3.05) is 5.32 Å². The van der Waals surface area contributed by atoms with Crippen molar-refractivity contribution in [1.82, 2.24) is 5.16 Å². The largest absolute Gasteiger partial charge is 0.506 e. The third kappa shape index (κ3) is 3.08. The summed E-state index contributed by atoms with van der Waals surface area (Å²) in [5.74, 6) is -1.29. The van der Waals surface area contributed by atoms with Crippen molar-refractivity contribution in [3.63, 3.8) is 0 Å². The van der Waals surface area contributed by atoms with Crippen molar-refractivity contribution in [3.05, 3.63) is 44.2 Å². The number of aromatic hydroxyl groups is 1. The van der Waals surface area contributed by atoms with E-state index in [1.54, 1.807) is 19.9 Å². The number of carbonyl (C=O) groups is 1. The van der Waals surface area contributed by atoms with Crippen LogP contribution in [0.5, 0.6) is 5.75 Å². The zero-order valence-corrected chi connectivity index (χ0v) is 13.2. The van der Waals surface area contributed by atoms with Gasteiger partial charge in [0.1, 0.15) is 5.75 Å². The number of nitrogens with one attached hydrogen (secondary N) is 1. The first-order valence-electron chi connectivity index (χ1n) is 6.25. The maximum atomic E-state index is 12.2. The first-order chi connectivity index (χ1) is 10.3. The van der Waals surface area contributed by atoms with E-state index >= 15 is 0 Å². The van der Waals surface area contributed by atoms with Crippen LogP contribution in [0, 0.1) is 10.1 Å². The molecule has 0 unspecified atom stereocenters. The molecule has 1 aromatic heterocycles. The molecule has 0 radical (unpaired) electrons. The van der Waals surface area contributed by atoms with Crippen LogP contribution in [0.1, 0.15) is 36.0 Å². The summed E-state index contributed by atoms with van der Waals surface area (Å²) in [6.45, 7) is 3.38. The van der Waals surface area contributed by atoms with Gasteiger partial charge < -0.3 is 14.9 Å². The highest BCUT2D eigenvalue weighted by Crippen LogP contribution is 2.32. The quantitative estimate of drug-likeness (QED) is 0.484. The number of carbonyl (C=O) groups excluding carboxylic acids is 1. The Morgan fingerprint density at radius 1 is 1.50 bits per heavy atom. The third-order valence-electron chi connectivity index (χ3n) is 2.82. The number of amides is 1. The Bertz CT molecular complexity index is 741. The Morgan fingerprint density at radius 2 is 2.18 bits per heavy atom.